The highest BCUT2D eigenvalue weighted by atomic mass is 79.9. The van der Waals surface area contributed by atoms with Crippen LogP contribution in [0.25, 0.3) is 23.0 Å². The fourth-order valence-electron chi connectivity index (χ4n) is 1.77. The van der Waals surface area contributed by atoms with Crippen LogP contribution in [0.3, 0.4) is 0 Å². The first-order valence-corrected chi connectivity index (χ1v) is 6.75. The Kier molecular flexibility index (Phi) is 3.23. The molecule has 0 spiro atoms. The van der Waals surface area contributed by atoms with E-state index >= 15 is 0 Å². The quantitative estimate of drug-likeness (QED) is 0.778. The third-order valence-electron chi connectivity index (χ3n) is 2.80. The number of hydrogen-bond donors (Lipinski definition) is 1. The van der Waals surface area contributed by atoms with Gasteiger partial charge in [-0.2, -0.15) is 4.98 Å². The monoisotopic (exact) mass is 330 g/mol. The summed E-state index contributed by atoms with van der Waals surface area (Å²) in [5.74, 6) is 0.887. The van der Waals surface area contributed by atoms with Crippen LogP contribution in [-0.2, 0) is 0 Å². The van der Waals surface area contributed by atoms with Gasteiger partial charge in [0.15, 0.2) is 0 Å². The second kappa shape index (κ2) is 5.05. The van der Waals surface area contributed by atoms with Crippen LogP contribution in [0.15, 0.2) is 45.5 Å². The Morgan fingerprint density at radius 2 is 2.05 bits per heavy atom. The molecule has 1 aromatic carbocycles. The molecule has 0 radical (unpaired) electrons. The van der Waals surface area contributed by atoms with Crippen LogP contribution in [0, 0.1) is 6.92 Å². The second-order valence-corrected chi connectivity index (χ2v) is 5.24. The number of benzene rings is 1. The molecule has 3 aromatic rings. The number of rotatable bonds is 2. The van der Waals surface area contributed by atoms with Crippen molar-refractivity contribution in [3.05, 3.63) is 46.6 Å². The normalized spacial score (nSPS) is 10.7. The minimum Gasteiger partial charge on any atom is -0.397 e. The van der Waals surface area contributed by atoms with E-state index in [4.69, 9.17) is 10.3 Å². The molecule has 0 fully saturated rings. The zero-order chi connectivity index (χ0) is 14.1. The summed E-state index contributed by atoms with van der Waals surface area (Å²) >= 11 is 3.51. The topological polar surface area (TPSA) is 77.8 Å². The summed E-state index contributed by atoms with van der Waals surface area (Å²) < 4.78 is 6.17. The van der Waals surface area contributed by atoms with Gasteiger partial charge in [-0.3, -0.25) is 0 Å². The molecule has 0 bridgehead atoms. The van der Waals surface area contributed by atoms with Crippen molar-refractivity contribution in [2.45, 2.75) is 6.92 Å². The number of aromatic nitrogens is 3. The van der Waals surface area contributed by atoms with E-state index in [2.05, 4.69) is 31.1 Å². The van der Waals surface area contributed by atoms with Gasteiger partial charge in [-0.1, -0.05) is 27.2 Å². The molecular formula is C14H11BrN4O. The van der Waals surface area contributed by atoms with E-state index < -0.39 is 0 Å². The van der Waals surface area contributed by atoms with Crippen molar-refractivity contribution in [3.8, 4) is 23.0 Å². The average molecular weight is 331 g/mol. The first kappa shape index (κ1) is 12.8. The molecule has 0 aliphatic carbocycles. The first-order valence-electron chi connectivity index (χ1n) is 5.95. The number of nitrogen functional groups attached to an aromatic ring is 1. The fraction of sp³-hybridized carbons (Fsp3) is 0.0714. The van der Waals surface area contributed by atoms with Gasteiger partial charge < -0.3 is 10.3 Å². The van der Waals surface area contributed by atoms with Gasteiger partial charge in [0.05, 0.1) is 11.9 Å². The Bertz CT molecular complexity index is 752. The lowest BCUT2D eigenvalue weighted by Gasteiger charge is -1.99. The van der Waals surface area contributed by atoms with E-state index in [1.807, 2.05) is 25.1 Å². The van der Waals surface area contributed by atoms with Crippen LogP contribution in [-0.4, -0.2) is 15.1 Å². The molecule has 0 amide bonds. The number of nitrogens with two attached hydrogens (primary N) is 1. The third-order valence-corrected chi connectivity index (χ3v) is 3.45. The zero-order valence-corrected chi connectivity index (χ0v) is 12.3. The van der Waals surface area contributed by atoms with E-state index in [1.165, 1.54) is 0 Å². The van der Waals surface area contributed by atoms with Gasteiger partial charge in [-0.25, -0.2) is 4.98 Å². The number of halogens is 1. The molecule has 3 rings (SSSR count). The number of hydrogen-bond acceptors (Lipinski definition) is 5. The lowest BCUT2D eigenvalue weighted by Crippen LogP contribution is -1.88. The summed E-state index contributed by atoms with van der Waals surface area (Å²) in [5.41, 5.74) is 8.82. The highest BCUT2D eigenvalue weighted by Gasteiger charge is 2.13. The van der Waals surface area contributed by atoms with Gasteiger partial charge in [0.2, 0.25) is 5.82 Å². The van der Waals surface area contributed by atoms with E-state index in [-0.39, 0.29) is 0 Å². The highest BCUT2D eigenvalue weighted by molar-refractivity contribution is 9.10. The maximum atomic E-state index is 5.60. The molecule has 0 unspecified atom stereocenters. The maximum Gasteiger partial charge on any atom is 0.276 e. The highest BCUT2D eigenvalue weighted by Crippen LogP contribution is 2.28. The van der Waals surface area contributed by atoms with Crippen molar-refractivity contribution in [3.63, 3.8) is 0 Å². The van der Waals surface area contributed by atoms with Crippen LogP contribution < -0.4 is 5.73 Å². The first-order chi connectivity index (χ1) is 9.63. The number of aryl methyl sites for hydroxylation is 1. The molecule has 0 saturated heterocycles. The van der Waals surface area contributed by atoms with E-state index in [0.717, 1.165) is 15.6 Å². The molecule has 2 aromatic heterocycles. The van der Waals surface area contributed by atoms with Crippen LogP contribution in [0.5, 0.6) is 0 Å². The summed E-state index contributed by atoms with van der Waals surface area (Å²) in [6.45, 7) is 2.02. The predicted molar refractivity (Wildman–Crippen MR) is 79.8 cm³/mol. The van der Waals surface area contributed by atoms with Gasteiger partial charge in [-0.15, -0.1) is 0 Å². The van der Waals surface area contributed by atoms with Crippen LogP contribution in [0.2, 0.25) is 0 Å². The van der Waals surface area contributed by atoms with Crippen LogP contribution in [0.4, 0.5) is 5.69 Å². The minimum atomic E-state index is 0.368. The van der Waals surface area contributed by atoms with Gasteiger partial charge in [-0.05, 0) is 36.8 Å². The van der Waals surface area contributed by atoms with Crippen molar-refractivity contribution in [2.75, 3.05) is 5.73 Å². The van der Waals surface area contributed by atoms with E-state index in [0.29, 0.717) is 23.1 Å². The Labute approximate surface area is 124 Å². The Balaban J connectivity index is 1.99. The van der Waals surface area contributed by atoms with Crippen molar-refractivity contribution in [2.24, 2.45) is 0 Å². The largest absolute Gasteiger partial charge is 0.397 e. The molecule has 20 heavy (non-hydrogen) atoms. The molecule has 0 aliphatic heterocycles. The summed E-state index contributed by atoms with van der Waals surface area (Å²) in [6, 6.07) is 9.44. The summed E-state index contributed by atoms with van der Waals surface area (Å²) in [6.07, 6.45) is 1.56. The zero-order valence-electron chi connectivity index (χ0n) is 10.7. The number of nitrogens with zero attached hydrogens (tertiary/aromatic N) is 3. The molecule has 0 saturated carbocycles. The van der Waals surface area contributed by atoms with E-state index in [9.17, 15) is 0 Å². The third kappa shape index (κ3) is 2.42. The minimum absolute atomic E-state index is 0.368. The van der Waals surface area contributed by atoms with Crippen molar-refractivity contribution in [1.82, 2.24) is 15.1 Å². The Morgan fingerprint density at radius 3 is 2.75 bits per heavy atom. The van der Waals surface area contributed by atoms with Crippen LogP contribution >= 0.6 is 15.9 Å². The Morgan fingerprint density at radius 1 is 1.20 bits per heavy atom. The number of anilines is 1. The van der Waals surface area contributed by atoms with Gasteiger partial charge in [0, 0.05) is 10.0 Å². The van der Waals surface area contributed by atoms with Gasteiger partial charge in [0.1, 0.15) is 5.69 Å². The summed E-state index contributed by atoms with van der Waals surface area (Å²) in [4.78, 5) is 8.52. The molecule has 2 heterocycles. The summed E-state index contributed by atoms with van der Waals surface area (Å²) in [7, 11) is 0. The maximum absolute atomic E-state index is 5.60. The van der Waals surface area contributed by atoms with Gasteiger partial charge >= 0.3 is 0 Å². The van der Waals surface area contributed by atoms with Crippen molar-refractivity contribution in [1.29, 1.82) is 0 Å². The molecule has 2 N–H and O–H groups in total. The standard InChI is InChI=1S/C14H11BrN4O/c1-8-2-4-10(11(15)6-8)13-18-14(20-19-13)12-5-3-9(16)7-17-12/h2-7H,16H2,1H3. The van der Waals surface area contributed by atoms with Crippen LogP contribution in [0.1, 0.15) is 5.56 Å². The van der Waals surface area contributed by atoms with Crippen molar-refractivity contribution >= 4 is 21.6 Å². The average Bonchev–Trinajstić information content (AvgIpc) is 2.89. The van der Waals surface area contributed by atoms with E-state index in [1.54, 1.807) is 18.3 Å². The molecule has 0 atom stereocenters. The predicted octanol–water partition coefficient (Wildman–Crippen LogP) is 3.45. The van der Waals surface area contributed by atoms with Gasteiger partial charge in [0.25, 0.3) is 5.89 Å². The lowest BCUT2D eigenvalue weighted by atomic mass is 10.1. The smallest absolute Gasteiger partial charge is 0.276 e. The molecular weight excluding hydrogens is 320 g/mol. The molecule has 100 valence electrons. The summed E-state index contributed by atoms with van der Waals surface area (Å²) in [5, 5.41) is 3.99. The van der Waals surface area contributed by atoms with Crippen molar-refractivity contribution < 1.29 is 4.52 Å². The molecule has 6 heteroatoms. The molecule has 0 aliphatic rings. The lowest BCUT2D eigenvalue weighted by molar-refractivity contribution is 0.431. The SMILES string of the molecule is Cc1ccc(-c2noc(-c3ccc(N)cn3)n2)c(Br)c1. The number of pyridine rings is 1. The molecule has 5 nitrogen and oxygen atoms in total. The Hall–Kier alpha value is -2.21. The fourth-order valence-corrected chi connectivity index (χ4v) is 2.44. The second-order valence-electron chi connectivity index (χ2n) is 4.38.